The van der Waals surface area contributed by atoms with Gasteiger partial charge in [0.15, 0.2) is 11.6 Å². The summed E-state index contributed by atoms with van der Waals surface area (Å²) < 4.78 is 82.3. The third kappa shape index (κ3) is 12.2. The van der Waals surface area contributed by atoms with Crippen LogP contribution in [0.4, 0.5) is 11.6 Å². The Morgan fingerprint density at radius 1 is 0.607 bits per heavy atom. The van der Waals surface area contributed by atoms with Crippen molar-refractivity contribution in [2.75, 3.05) is 48.9 Å². The maximum atomic E-state index is 14.0. The Morgan fingerprint density at radius 3 is 1.66 bits per heavy atom. The molecule has 0 saturated heterocycles. The van der Waals surface area contributed by atoms with Crippen molar-refractivity contribution < 1.29 is 31.0 Å². The quantitative estimate of drug-likeness (QED) is 0.0696. The molecule has 0 radical (unpaired) electrons. The molecule has 5 rings (SSSR count). The third-order valence-corrected chi connectivity index (χ3v) is 11.4. The largest absolute Gasteiger partial charge is 0.476 e. The Kier molecular flexibility index (Phi) is 15.7. The van der Waals surface area contributed by atoms with Gasteiger partial charge in [0.2, 0.25) is 11.8 Å². The summed E-state index contributed by atoms with van der Waals surface area (Å²) in [6.45, 7) is 3.89. The molecule has 3 aromatic heterocycles. The highest BCUT2D eigenvalue weighted by Crippen LogP contribution is 2.36. The van der Waals surface area contributed by atoms with E-state index in [1.54, 1.807) is 60.9 Å². The van der Waals surface area contributed by atoms with Crippen LogP contribution >= 0.6 is 47.8 Å². The van der Waals surface area contributed by atoms with E-state index in [9.17, 15) is 16.8 Å². The van der Waals surface area contributed by atoms with E-state index in [1.165, 1.54) is 10.6 Å². The van der Waals surface area contributed by atoms with Gasteiger partial charge in [-0.25, -0.2) is 29.9 Å². The van der Waals surface area contributed by atoms with Crippen molar-refractivity contribution in [3.63, 3.8) is 0 Å². The molecule has 0 fully saturated rings. The van der Waals surface area contributed by atoms with Gasteiger partial charge in [-0.3, -0.25) is 9.44 Å². The monoisotopic (exact) mass is 998 g/mol. The van der Waals surface area contributed by atoms with Crippen molar-refractivity contribution in [1.82, 2.24) is 38.9 Å². The van der Waals surface area contributed by atoms with Gasteiger partial charge in [-0.05, 0) is 64.2 Å². The highest BCUT2D eigenvalue weighted by molar-refractivity contribution is 9.11. The zero-order valence-electron chi connectivity index (χ0n) is 30.0. The Labute approximate surface area is 350 Å². The fourth-order valence-corrected chi connectivity index (χ4v) is 7.90. The van der Waals surface area contributed by atoms with Crippen LogP contribution in [-0.2, 0) is 20.4 Å². The maximum absolute atomic E-state index is 14.0. The molecule has 17 nitrogen and oxygen atoms in total. The second-order valence-corrected chi connectivity index (χ2v) is 17.5. The van der Waals surface area contributed by atoms with E-state index in [-0.39, 0.29) is 74.4 Å². The molecule has 0 atom stereocenters. The Balaban J connectivity index is 1.36. The summed E-state index contributed by atoms with van der Waals surface area (Å²) >= 11 is 10.1. The van der Waals surface area contributed by atoms with E-state index >= 15 is 0 Å². The van der Waals surface area contributed by atoms with Crippen molar-refractivity contribution in [3.05, 3.63) is 87.0 Å². The van der Waals surface area contributed by atoms with Crippen LogP contribution in [0.3, 0.4) is 0 Å². The van der Waals surface area contributed by atoms with Gasteiger partial charge >= 0.3 is 16.2 Å². The first-order chi connectivity index (χ1) is 26.9. The highest BCUT2D eigenvalue weighted by Gasteiger charge is 2.26. The Morgan fingerprint density at radius 2 is 1.12 bits per heavy atom. The first-order valence-corrected chi connectivity index (χ1v) is 22.3. The molecule has 5 aromatic rings. The molecule has 0 aliphatic rings. The molecule has 0 aliphatic carbocycles. The standard InChI is InChI=1S/C34H37Br3N10O7S2/c1-3-13-44-55(48,49)45-30-28(23-5-9-25(35)10-6-23)32(42-21-40-30)52-16-15-47(14-4-2)56(50,51)46-31-29(24-7-11-26(36)12-8-24)33(43-22-41-31)53-17-18-54-34-38-19-27(37)20-39-34/h5-12,19-22,44H,3-4,13-18H2,1-2H3,(H,40,42,45)(H,41,43,46). The topological polar surface area (TPSA) is 213 Å². The molecule has 298 valence electrons. The van der Waals surface area contributed by atoms with Crippen LogP contribution in [-0.4, -0.2) is 90.5 Å². The SMILES string of the molecule is CCCNS(=O)(=O)Nc1ncnc(OCCN(CCC)S(=O)(=O)Nc2ncnc(OCCOc3ncc(Br)cn3)c2-c2ccc(Br)cc2)c1-c1ccc(Br)cc1. The lowest BCUT2D eigenvalue weighted by molar-refractivity contribution is 0.202. The lowest BCUT2D eigenvalue weighted by atomic mass is 10.1. The van der Waals surface area contributed by atoms with Crippen molar-refractivity contribution >= 4 is 79.8 Å². The Bertz CT molecular complexity index is 2280. The van der Waals surface area contributed by atoms with E-state index in [2.05, 4.69) is 91.9 Å². The second-order valence-electron chi connectivity index (χ2n) is 11.6. The predicted octanol–water partition coefficient (Wildman–Crippen LogP) is 6.24. The second kappa shape index (κ2) is 20.4. The van der Waals surface area contributed by atoms with Crippen molar-refractivity contribution in [2.24, 2.45) is 0 Å². The van der Waals surface area contributed by atoms with Gasteiger partial charge in [-0.2, -0.15) is 25.9 Å². The van der Waals surface area contributed by atoms with E-state index in [1.807, 2.05) is 13.8 Å². The zero-order chi connectivity index (χ0) is 40.1. The van der Waals surface area contributed by atoms with Gasteiger partial charge < -0.3 is 14.2 Å². The minimum Gasteiger partial charge on any atom is -0.476 e. The van der Waals surface area contributed by atoms with Crippen LogP contribution in [0.5, 0.6) is 17.8 Å². The fourth-order valence-electron chi connectivity index (χ4n) is 4.94. The number of benzene rings is 2. The maximum Gasteiger partial charge on any atom is 0.316 e. The molecule has 2 aromatic carbocycles. The number of ether oxygens (including phenoxy) is 3. The van der Waals surface area contributed by atoms with Crippen molar-refractivity contribution in [3.8, 4) is 40.0 Å². The van der Waals surface area contributed by atoms with E-state index in [0.717, 1.165) is 15.3 Å². The van der Waals surface area contributed by atoms with E-state index < -0.39 is 20.4 Å². The average molecular weight is 1000 g/mol. The van der Waals surface area contributed by atoms with Crippen molar-refractivity contribution in [2.45, 2.75) is 26.7 Å². The van der Waals surface area contributed by atoms with Crippen LogP contribution in [0.1, 0.15) is 26.7 Å². The van der Waals surface area contributed by atoms with Gasteiger partial charge in [-0.1, -0.05) is 70.0 Å². The molecular weight excluding hydrogens is 964 g/mol. The minimum absolute atomic E-state index is 0.0153. The first kappa shape index (κ1) is 43.1. The van der Waals surface area contributed by atoms with Gasteiger partial charge in [0.05, 0.1) is 15.6 Å². The average Bonchev–Trinajstić information content (AvgIpc) is 3.17. The summed E-state index contributed by atoms with van der Waals surface area (Å²) in [5.74, 6) is 0.129. The van der Waals surface area contributed by atoms with Crippen LogP contribution in [0, 0.1) is 0 Å². The Hall–Kier alpha value is -4.06. The highest BCUT2D eigenvalue weighted by atomic mass is 79.9. The number of halogens is 3. The lowest BCUT2D eigenvalue weighted by Crippen LogP contribution is -2.39. The minimum atomic E-state index is -4.26. The summed E-state index contributed by atoms with van der Waals surface area (Å²) in [6.07, 6.45) is 6.54. The molecule has 0 amide bonds. The molecule has 0 aliphatic heterocycles. The molecular formula is C34H37Br3N10O7S2. The van der Waals surface area contributed by atoms with E-state index in [4.69, 9.17) is 14.2 Å². The molecule has 22 heteroatoms. The number of rotatable bonds is 21. The third-order valence-electron chi connectivity index (χ3n) is 7.43. The number of nitrogens with one attached hydrogen (secondary N) is 3. The first-order valence-electron chi connectivity index (χ1n) is 17.0. The molecule has 0 bridgehead atoms. The van der Waals surface area contributed by atoms with Crippen LogP contribution in [0.25, 0.3) is 22.3 Å². The molecule has 3 heterocycles. The lowest BCUT2D eigenvalue weighted by Gasteiger charge is -2.23. The van der Waals surface area contributed by atoms with Crippen LogP contribution in [0.15, 0.2) is 87.0 Å². The molecule has 56 heavy (non-hydrogen) atoms. The fraction of sp³-hybridized carbons (Fsp3) is 0.294. The van der Waals surface area contributed by atoms with Crippen LogP contribution in [0.2, 0.25) is 0 Å². The zero-order valence-corrected chi connectivity index (χ0v) is 36.4. The summed E-state index contributed by atoms with van der Waals surface area (Å²) in [6, 6.07) is 14.4. The molecule has 0 unspecified atom stereocenters. The molecule has 0 spiro atoms. The number of hydrogen-bond acceptors (Lipinski definition) is 13. The van der Waals surface area contributed by atoms with Crippen molar-refractivity contribution in [1.29, 1.82) is 0 Å². The van der Waals surface area contributed by atoms with Gasteiger partial charge in [0.1, 0.15) is 32.5 Å². The van der Waals surface area contributed by atoms with E-state index in [0.29, 0.717) is 34.0 Å². The van der Waals surface area contributed by atoms with Gasteiger partial charge in [0, 0.05) is 41.0 Å². The summed E-state index contributed by atoms with van der Waals surface area (Å²) in [5, 5.41) is 0. The number of aromatic nitrogens is 6. The van der Waals surface area contributed by atoms with Crippen LogP contribution < -0.4 is 28.4 Å². The number of anilines is 2. The molecule has 0 saturated carbocycles. The van der Waals surface area contributed by atoms with Gasteiger partial charge in [-0.15, -0.1) is 0 Å². The normalized spacial score (nSPS) is 11.7. The predicted molar refractivity (Wildman–Crippen MR) is 222 cm³/mol. The smallest absolute Gasteiger partial charge is 0.316 e. The summed E-state index contributed by atoms with van der Waals surface area (Å²) in [4.78, 5) is 25.2. The number of nitrogens with zero attached hydrogens (tertiary/aromatic N) is 7. The summed E-state index contributed by atoms with van der Waals surface area (Å²) in [5.41, 5.74) is 1.73. The number of hydrogen-bond donors (Lipinski definition) is 3. The van der Waals surface area contributed by atoms with Gasteiger partial charge in [0.25, 0.3) is 10.2 Å². The summed E-state index contributed by atoms with van der Waals surface area (Å²) in [7, 11) is -8.23. The molecule has 3 N–H and O–H groups in total.